The molecule has 0 bridgehead atoms. The number of halogens is 2. The Hall–Kier alpha value is -1.98. The number of anilines is 1. The van der Waals surface area contributed by atoms with Crippen molar-refractivity contribution in [2.24, 2.45) is 0 Å². The van der Waals surface area contributed by atoms with E-state index in [-0.39, 0.29) is 0 Å². The Morgan fingerprint density at radius 3 is 2.62 bits per heavy atom. The highest BCUT2D eigenvalue weighted by atomic mass is 35.5. The van der Waals surface area contributed by atoms with Crippen LogP contribution in [0.1, 0.15) is 45.0 Å². The Labute approximate surface area is 162 Å². The first-order valence-corrected chi connectivity index (χ1v) is 9.05. The summed E-state index contributed by atoms with van der Waals surface area (Å²) in [7, 11) is 0. The van der Waals surface area contributed by atoms with Crippen molar-refractivity contribution >= 4 is 35.0 Å². The minimum atomic E-state index is -0.618. The number of allylic oxidation sites excluding steroid dienone is 1. The van der Waals surface area contributed by atoms with Crippen LogP contribution in [0, 0.1) is 6.92 Å². The quantitative estimate of drug-likeness (QED) is 0.718. The molecular weight excluding hydrogens is 373 g/mol. The highest BCUT2D eigenvalue weighted by molar-refractivity contribution is 6.42. The molecular formula is C19H21Cl2N3O2. The van der Waals surface area contributed by atoms with E-state index in [0.717, 1.165) is 11.5 Å². The summed E-state index contributed by atoms with van der Waals surface area (Å²) < 4.78 is 7.39. The van der Waals surface area contributed by atoms with Crippen LogP contribution in [0.2, 0.25) is 10.0 Å². The molecule has 0 radical (unpaired) electrons. The summed E-state index contributed by atoms with van der Waals surface area (Å²) in [5.74, 6) is 0.371. The van der Waals surface area contributed by atoms with Gasteiger partial charge in [0.2, 0.25) is 0 Å². The molecule has 0 spiro atoms. The third-order valence-electron chi connectivity index (χ3n) is 3.99. The number of ether oxygens (including phenoxy) is 1. The summed E-state index contributed by atoms with van der Waals surface area (Å²) in [5, 5.41) is 8.61. The van der Waals surface area contributed by atoms with E-state index < -0.39 is 17.6 Å². The van der Waals surface area contributed by atoms with Crippen LogP contribution >= 0.6 is 23.2 Å². The zero-order valence-corrected chi connectivity index (χ0v) is 16.9. The lowest BCUT2D eigenvalue weighted by molar-refractivity contribution is -0.150. The molecule has 138 valence electrons. The fourth-order valence-electron chi connectivity index (χ4n) is 3.01. The van der Waals surface area contributed by atoms with Gasteiger partial charge in [0, 0.05) is 17.3 Å². The molecule has 2 heterocycles. The Bertz CT molecular complexity index is 910. The van der Waals surface area contributed by atoms with Gasteiger partial charge in [-0.05, 0) is 40.7 Å². The number of carbonyl (C=O) groups is 1. The van der Waals surface area contributed by atoms with E-state index in [0.29, 0.717) is 26.9 Å². The highest BCUT2D eigenvalue weighted by Crippen LogP contribution is 2.41. The van der Waals surface area contributed by atoms with Gasteiger partial charge in [-0.1, -0.05) is 35.3 Å². The molecule has 1 aromatic carbocycles. The normalized spacial score (nSPS) is 17.0. The van der Waals surface area contributed by atoms with Crippen molar-refractivity contribution in [1.82, 2.24) is 9.78 Å². The molecule has 1 aliphatic rings. The summed E-state index contributed by atoms with van der Waals surface area (Å²) in [6.45, 7) is 9.24. The van der Waals surface area contributed by atoms with Crippen molar-refractivity contribution in [3.05, 3.63) is 56.8 Å². The maximum absolute atomic E-state index is 13.0. The maximum Gasteiger partial charge on any atom is 0.338 e. The predicted molar refractivity (Wildman–Crippen MR) is 104 cm³/mol. The van der Waals surface area contributed by atoms with Gasteiger partial charge < -0.3 is 10.1 Å². The average Bonchev–Trinajstić information content (AvgIpc) is 2.86. The number of rotatable bonds is 2. The largest absolute Gasteiger partial charge is 0.456 e. The monoisotopic (exact) mass is 393 g/mol. The van der Waals surface area contributed by atoms with Crippen LogP contribution in [-0.2, 0) is 9.53 Å². The van der Waals surface area contributed by atoms with Crippen molar-refractivity contribution < 1.29 is 9.53 Å². The molecule has 0 amide bonds. The van der Waals surface area contributed by atoms with Gasteiger partial charge in [-0.2, -0.15) is 5.10 Å². The molecule has 0 fully saturated rings. The van der Waals surface area contributed by atoms with Gasteiger partial charge in [-0.25, -0.2) is 9.48 Å². The first-order chi connectivity index (χ1) is 12.1. The van der Waals surface area contributed by atoms with Crippen molar-refractivity contribution in [2.45, 2.75) is 46.3 Å². The molecule has 1 N–H and O–H groups in total. The molecule has 26 heavy (non-hydrogen) atoms. The van der Waals surface area contributed by atoms with Gasteiger partial charge in [0.25, 0.3) is 0 Å². The molecule has 0 saturated carbocycles. The number of benzene rings is 1. The summed E-state index contributed by atoms with van der Waals surface area (Å²) in [6, 6.07) is 6.77. The first kappa shape index (κ1) is 18.8. The van der Waals surface area contributed by atoms with Gasteiger partial charge in [0.15, 0.2) is 0 Å². The Morgan fingerprint density at radius 2 is 1.96 bits per heavy atom. The van der Waals surface area contributed by atoms with Crippen LogP contribution in [0.15, 0.2) is 35.5 Å². The number of fused-ring (bicyclic) bond motifs is 1. The Morgan fingerprint density at radius 1 is 1.27 bits per heavy atom. The third-order valence-corrected chi connectivity index (χ3v) is 4.82. The molecule has 1 unspecified atom stereocenters. The third kappa shape index (κ3) is 3.46. The molecule has 0 aliphatic carbocycles. The maximum atomic E-state index is 13.0. The standard InChI is InChI=1S/C19H21Cl2N3O2/c1-10-9-14-22-11(2)15(18(25)26-19(3,4)5)17(24(14)23-10)12-7-6-8-13(20)16(12)21/h6-9,17,22H,1-5H3. The molecule has 5 nitrogen and oxygen atoms in total. The molecule has 7 heteroatoms. The zero-order chi connectivity index (χ0) is 19.2. The minimum Gasteiger partial charge on any atom is -0.456 e. The number of aromatic nitrogens is 2. The van der Waals surface area contributed by atoms with E-state index in [2.05, 4.69) is 10.4 Å². The van der Waals surface area contributed by atoms with E-state index >= 15 is 0 Å². The summed E-state index contributed by atoms with van der Waals surface area (Å²) in [6.07, 6.45) is 0. The SMILES string of the molecule is CC1=C(C(=O)OC(C)(C)C)C(c2cccc(Cl)c2Cl)n2nc(C)cc2N1. The summed E-state index contributed by atoms with van der Waals surface area (Å²) >= 11 is 12.7. The van der Waals surface area contributed by atoms with E-state index in [1.807, 2.05) is 52.8 Å². The summed E-state index contributed by atoms with van der Waals surface area (Å²) in [5.41, 5.74) is 2.07. The number of nitrogens with zero attached hydrogens (tertiary/aromatic N) is 2. The van der Waals surface area contributed by atoms with Gasteiger partial charge in [-0.15, -0.1) is 0 Å². The topological polar surface area (TPSA) is 56.2 Å². The fourth-order valence-corrected chi connectivity index (χ4v) is 3.42. The van der Waals surface area contributed by atoms with Crippen molar-refractivity contribution in [1.29, 1.82) is 0 Å². The zero-order valence-electron chi connectivity index (χ0n) is 15.4. The second kappa shape index (κ2) is 6.63. The van der Waals surface area contributed by atoms with E-state index in [1.54, 1.807) is 10.7 Å². The van der Waals surface area contributed by atoms with E-state index in [4.69, 9.17) is 27.9 Å². The van der Waals surface area contributed by atoms with E-state index in [9.17, 15) is 4.79 Å². The lowest BCUT2D eigenvalue weighted by atomic mass is 9.95. The number of hydrogen-bond acceptors (Lipinski definition) is 4. The van der Waals surface area contributed by atoms with Crippen LogP contribution < -0.4 is 5.32 Å². The van der Waals surface area contributed by atoms with Crippen LogP contribution in [0.4, 0.5) is 5.82 Å². The van der Waals surface area contributed by atoms with Crippen LogP contribution in [0.25, 0.3) is 0 Å². The van der Waals surface area contributed by atoms with Crippen LogP contribution in [-0.4, -0.2) is 21.4 Å². The van der Waals surface area contributed by atoms with Gasteiger partial charge >= 0.3 is 5.97 Å². The number of aryl methyl sites for hydroxylation is 1. The predicted octanol–water partition coefficient (Wildman–Crippen LogP) is 5.13. The number of carbonyl (C=O) groups excluding carboxylic acids is 1. The Kier molecular flexibility index (Phi) is 4.80. The fraction of sp³-hybridized carbons (Fsp3) is 0.368. The smallest absolute Gasteiger partial charge is 0.338 e. The minimum absolute atomic E-state index is 0.397. The van der Waals surface area contributed by atoms with Crippen molar-refractivity contribution in [3.8, 4) is 0 Å². The second-order valence-corrected chi connectivity index (χ2v) is 8.11. The van der Waals surface area contributed by atoms with E-state index in [1.165, 1.54) is 0 Å². The van der Waals surface area contributed by atoms with Crippen molar-refractivity contribution in [3.63, 3.8) is 0 Å². The Balaban J connectivity index is 2.20. The van der Waals surface area contributed by atoms with Crippen molar-refractivity contribution in [2.75, 3.05) is 5.32 Å². The molecule has 1 aliphatic heterocycles. The molecule has 1 aromatic heterocycles. The number of esters is 1. The number of nitrogens with one attached hydrogen (secondary N) is 1. The first-order valence-electron chi connectivity index (χ1n) is 8.29. The number of hydrogen-bond donors (Lipinski definition) is 1. The van der Waals surface area contributed by atoms with Gasteiger partial charge in [-0.3, -0.25) is 0 Å². The second-order valence-electron chi connectivity index (χ2n) is 7.33. The molecule has 0 saturated heterocycles. The molecule has 3 rings (SSSR count). The summed E-state index contributed by atoms with van der Waals surface area (Å²) in [4.78, 5) is 13.0. The van der Waals surface area contributed by atoms with Gasteiger partial charge in [0.05, 0.1) is 21.3 Å². The lowest BCUT2D eigenvalue weighted by Gasteiger charge is -2.31. The van der Waals surface area contributed by atoms with Gasteiger partial charge in [0.1, 0.15) is 17.5 Å². The molecule has 2 aromatic rings. The van der Waals surface area contributed by atoms with Crippen LogP contribution in [0.3, 0.4) is 0 Å². The molecule has 1 atom stereocenters. The highest BCUT2D eigenvalue weighted by Gasteiger charge is 2.36. The lowest BCUT2D eigenvalue weighted by Crippen LogP contribution is -2.33. The van der Waals surface area contributed by atoms with Crippen LogP contribution in [0.5, 0.6) is 0 Å². The average molecular weight is 394 g/mol.